The Labute approximate surface area is 125 Å². The van der Waals surface area contributed by atoms with Crippen LogP contribution >= 0.6 is 15.9 Å². The van der Waals surface area contributed by atoms with Gasteiger partial charge >= 0.3 is 6.18 Å². The summed E-state index contributed by atoms with van der Waals surface area (Å²) < 4.78 is 38.7. The lowest BCUT2D eigenvalue weighted by molar-refractivity contribution is -0.138. The third-order valence-electron chi connectivity index (χ3n) is 3.84. The molecule has 0 spiro atoms. The number of nitrogens with one attached hydrogen (secondary N) is 1. The fraction of sp³-hybridized carbons (Fsp3) is 0.571. The third-order valence-corrected chi connectivity index (χ3v) is 4.53. The molecule has 6 heteroatoms. The molecule has 112 valence electrons. The van der Waals surface area contributed by atoms with Crippen LogP contribution in [0, 0.1) is 5.92 Å². The predicted molar refractivity (Wildman–Crippen MR) is 77.6 cm³/mol. The van der Waals surface area contributed by atoms with E-state index in [0.717, 1.165) is 31.7 Å². The Morgan fingerprint density at radius 2 is 1.95 bits per heavy atom. The van der Waals surface area contributed by atoms with E-state index in [0.29, 0.717) is 18.2 Å². The summed E-state index contributed by atoms with van der Waals surface area (Å²) in [5, 5.41) is 3.22. The molecule has 1 aromatic rings. The van der Waals surface area contributed by atoms with Crippen LogP contribution in [0.4, 0.5) is 18.9 Å². The highest BCUT2D eigenvalue weighted by atomic mass is 79.9. The van der Waals surface area contributed by atoms with Crippen LogP contribution in [0.3, 0.4) is 0 Å². The van der Waals surface area contributed by atoms with Gasteiger partial charge in [-0.1, -0.05) is 28.8 Å². The highest BCUT2D eigenvalue weighted by Crippen LogP contribution is 2.37. The zero-order valence-corrected chi connectivity index (χ0v) is 12.6. The van der Waals surface area contributed by atoms with E-state index in [1.54, 1.807) is 6.07 Å². The van der Waals surface area contributed by atoms with E-state index < -0.39 is 11.7 Å². The van der Waals surface area contributed by atoms with Gasteiger partial charge in [0.1, 0.15) is 0 Å². The average Bonchev–Trinajstić information content (AvgIpc) is 2.40. The van der Waals surface area contributed by atoms with E-state index >= 15 is 0 Å². The summed E-state index contributed by atoms with van der Waals surface area (Å²) in [6.07, 6.45) is -0.114. The van der Waals surface area contributed by atoms with Gasteiger partial charge in [0.05, 0.1) is 5.56 Å². The molecular weight excluding hydrogens is 333 g/mol. The molecule has 1 aliphatic rings. The van der Waals surface area contributed by atoms with Gasteiger partial charge in [0.15, 0.2) is 0 Å². The number of hydrogen-bond donors (Lipinski definition) is 2. The second-order valence-electron chi connectivity index (χ2n) is 5.22. The number of halogens is 4. The van der Waals surface area contributed by atoms with Gasteiger partial charge in [0, 0.05) is 16.2 Å². The Balaban J connectivity index is 2.17. The van der Waals surface area contributed by atoms with Crippen LogP contribution in [0.2, 0.25) is 0 Å². The molecule has 0 aromatic heterocycles. The zero-order chi connectivity index (χ0) is 14.8. The Kier molecular flexibility index (Phi) is 4.96. The Bertz CT molecular complexity index is 462. The van der Waals surface area contributed by atoms with Crippen molar-refractivity contribution >= 4 is 21.6 Å². The van der Waals surface area contributed by atoms with Gasteiger partial charge in [-0.25, -0.2) is 0 Å². The summed E-state index contributed by atoms with van der Waals surface area (Å²) in [4.78, 5) is 0. The SMILES string of the molecule is NCC1CCCCC1Nc1ccc(Br)c(C(F)(F)F)c1. The number of rotatable bonds is 3. The van der Waals surface area contributed by atoms with Crippen molar-refractivity contribution in [3.63, 3.8) is 0 Å². The normalized spacial score (nSPS) is 23.6. The number of nitrogens with two attached hydrogens (primary N) is 1. The zero-order valence-electron chi connectivity index (χ0n) is 11.0. The second-order valence-corrected chi connectivity index (χ2v) is 6.08. The lowest BCUT2D eigenvalue weighted by Crippen LogP contribution is -2.36. The third kappa shape index (κ3) is 3.67. The highest BCUT2D eigenvalue weighted by molar-refractivity contribution is 9.10. The van der Waals surface area contributed by atoms with Gasteiger partial charge in [0.2, 0.25) is 0 Å². The molecular formula is C14H18BrF3N2. The molecule has 2 unspecified atom stereocenters. The van der Waals surface area contributed by atoms with Crippen molar-refractivity contribution in [1.82, 2.24) is 0 Å². The van der Waals surface area contributed by atoms with Crippen LogP contribution < -0.4 is 11.1 Å². The maximum Gasteiger partial charge on any atom is 0.417 e. The smallest absolute Gasteiger partial charge is 0.382 e. The van der Waals surface area contributed by atoms with Gasteiger partial charge in [0.25, 0.3) is 0 Å². The average molecular weight is 351 g/mol. The Morgan fingerprint density at radius 3 is 2.60 bits per heavy atom. The van der Waals surface area contributed by atoms with E-state index in [9.17, 15) is 13.2 Å². The van der Waals surface area contributed by atoms with Crippen molar-refractivity contribution in [1.29, 1.82) is 0 Å². The fourth-order valence-corrected chi connectivity index (χ4v) is 3.20. The van der Waals surface area contributed by atoms with Crippen molar-refractivity contribution in [3.8, 4) is 0 Å². The molecule has 3 N–H and O–H groups in total. The van der Waals surface area contributed by atoms with E-state index in [4.69, 9.17) is 5.73 Å². The molecule has 2 rings (SSSR count). The lowest BCUT2D eigenvalue weighted by Gasteiger charge is -2.32. The lowest BCUT2D eigenvalue weighted by atomic mass is 9.84. The van der Waals surface area contributed by atoms with Crippen molar-refractivity contribution in [2.24, 2.45) is 11.7 Å². The summed E-state index contributed by atoms with van der Waals surface area (Å²) in [5.41, 5.74) is 5.60. The molecule has 0 radical (unpaired) electrons. The van der Waals surface area contributed by atoms with Crippen molar-refractivity contribution in [3.05, 3.63) is 28.2 Å². The Morgan fingerprint density at radius 1 is 1.25 bits per heavy atom. The van der Waals surface area contributed by atoms with Crippen LogP contribution in [-0.4, -0.2) is 12.6 Å². The van der Waals surface area contributed by atoms with Crippen LogP contribution in [0.1, 0.15) is 31.2 Å². The van der Waals surface area contributed by atoms with Crippen LogP contribution in [0.15, 0.2) is 22.7 Å². The standard InChI is InChI=1S/C14H18BrF3N2/c15-12-6-5-10(7-11(12)14(16,17)18)20-13-4-2-1-3-9(13)8-19/h5-7,9,13,20H,1-4,8,19H2. The first-order chi connectivity index (χ1) is 9.41. The van der Waals surface area contributed by atoms with Crippen molar-refractivity contribution < 1.29 is 13.2 Å². The molecule has 0 bridgehead atoms. The van der Waals surface area contributed by atoms with E-state index in [-0.39, 0.29) is 10.5 Å². The monoisotopic (exact) mass is 350 g/mol. The van der Waals surface area contributed by atoms with Crippen molar-refractivity contribution in [2.75, 3.05) is 11.9 Å². The maximum absolute atomic E-state index is 12.9. The summed E-state index contributed by atoms with van der Waals surface area (Å²) in [5.74, 6) is 0.335. The molecule has 20 heavy (non-hydrogen) atoms. The first-order valence-corrected chi connectivity index (χ1v) is 7.54. The van der Waals surface area contributed by atoms with Crippen LogP contribution in [0.25, 0.3) is 0 Å². The van der Waals surface area contributed by atoms with E-state index in [2.05, 4.69) is 21.2 Å². The first kappa shape index (κ1) is 15.6. The van der Waals surface area contributed by atoms with Gasteiger partial charge in [-0.15, -0.1) is 0 Å². The molecule has 1 fully saturated rings. The molecule has 0 amide bonds. The molecule has 1 saturated carbocycles. The summed E-state index contributed by atoms with van der Waals surface area (Å²) in [6.45, 7) is 0.570. The first-order valence-electron chi connectivity index (χ1n) is 6.75. The Hall–Kier alpha value is -0.750. The number of alkyl halides is 3. The summed E-state index contributed by atoms with van der Waals surface area (Å²) in [7, 11) is 0. The fourth-order valence-electron chi connectivity index (χ4n) is 2.73. The predicted octanol–water partition coefficient (Wildman–Crippen LogP) is 4.40. The van der Waals surface area contributed by atoms with Gasteiger partial charge in [-0.05, 0) is 43.5 Å². The molecule has 0 heterocycles. The number of anilines is 1. The van der Waals surface area contributed by atoms with Crippen molar-refractivity contribution in [2.45, 2.75) is 37.9 Å². The van der Waals surface area contributed by atoms with Crippen LogP contribution in [0.5, 0.6) is 0 Å². The summed E-state index contributed by atoms with van der Waals surface area (Å²) in [6, 6.07) is 4.43. The quantitative estimate of drug-likeness (QED) is 0.847. The molecule has 1 aliphatic carbocycles. The van der Waals surface area contributed by atoms with E-state index in [1.807, 2.05) is 0 Å². The largest absolute Gasteiger partial charge is 0.417 e. The topological polar surface area (TPSA) is 38.0 Å². The van der Waals surface area contributed by atoms with Gasteiger partial charge in [-0.3, -0.25) is 0 Å². The molecule has 2 atom stereocenters. The second kappa shape index (κ2) is 6.35. The molecule has 0 aliphatic heterocycles. The van der Waals surface area contributed by atoms with Gasteiger partial charge < -0.3 is 11.1 Å². The minimum Gasteiger partial charge on any atom is -0.382 e. The number of hydrogen-bond acceptors (Lipinski definition) is 2. The minimum absolute atomic E-state index is 0.0644. The molecule has 2 nitrogen and oxygen atoms in total. The summed E-state index contributed by atoms with van der Waals surface area (Å²) >= 11 is 2.95. The van der Waals surface area contributed by atoms with E-state index in [1.165, 1.54) is 6.07 Å². The molecule has 0 saturated heterocycles. The van der Waals surface area contributed by atoms with Crippen LogP contribution in [-0.2, 0) is 6.18 Å². The minimum atomic E-state index is -4.35. The molecule has 1 aromatic carbocycles. The highest BCUT2D eigenvalue weighted by Gasteiger charge is 2.33. The van der Waals surface area contributed by atoms with Gasteiger partial charge in [-0.2, -0.15) is 13.2 Å². The maximum atomic E-state index is 12.9. The number of benzene rings is 1.